The fourth-order valence-electron chi connectivity index (χ4n) is 1.42. The summed E-state index contributed by atoms with van der Waals surface area (Å²) in [5.74, 6) is -9.70. The highest BCUT2D eigenvalue weighted by atomic mass is 19.2. The summed E-state index contributed by atoms with van der Waals surface area (Å²) in [6, 6.07) is 0. The van der Waals surface area contributed by atoms with Gasteiger partial charge in [0, 0.05) is 0 Å². The largest absolute Gasteiger partial charge is 0.252 e. The van der Waals surface area contributed by atoms with E-state index >= 15 is 0 Å². The second-order valence-electron chi connectivity index (χ2n) is 3.47. The summed E-state index contributed by atoms with van der Waals surface area (Å²) in [5.41, 5.74) is -0.886. The zero-order chi connectivity index (χ0) is 13.3. The second-order valence-corrected chi connectivity index (χ2v) is 3.47. The molecule has 1 aromatic carbocycles. The molecule has 0 saturated heterocycles. The molecule has 0 aliphatic carbocycles. The van der Waals surface area contributed by atoms with Crippen molar-refractivity contribution in [1.82, 2.24) is 4.98 Å². The van der Waals surface area contributed by atoms with Crippen LogP contribution < -0.4 is 4.57 Å². The van der Waals surface area contributed by atoms with E-state index in [1.807, 2.05) is 0 Å². The molecule has 1 aromatic heterocycles. The number of halogens is 5. The first-order chi connectivity index (χ1) is 8.52. The smallest absolute Gasteiger partial charge is 0.200 e. The van der Waals surface area contributed by atoms with Crippen LogP contribution in [0.1, 0.15) is 5.56 Å². The van der Waals surface area contributed by atoms with Crippen molar-refractivity contribution < 1.29 is 26.5 Å². The van der Waals surface area contributed by atoms with Gasteiger partial charge in [-0.05, 0) is 0 Å². The molecule has 2 nitrogen and oxygen atoms in total. The average molecular weight is 261 g/mol. The molecule has 0 unspecified atom stereocenters. The molecule has 0 aliphatic rings. The van der Waals surface area contributed by atoms with Crippen molar-refractivity contribution >= 4 is 0 Å². The van der Waals surface area contributed by atoms with E-state index in [0.717, 1.165) is 0 Å². The summed E-state index contributed by atoms with van der Waals surface area (Å²) < 4.78 is 66.6. The lowest BCUT2D eigenvalue weighted by molar-refractivity contribution is -0.689. The molecule has 0 atom stereocenters. The van der Waals surface area contributed by atoms with Crippen molar-refractivity contribution in [3.8, 4) is 0 Å². The third kappa shape index (κ3) is 2.03. The maximum absolute atomic E-state index is 13.3. The van der Waals surface area contributed by atoms with Gasteiger partial charge in [0.2, 0.25) is 5.82 Å². The van der Waals surface area contributed by atoms with Crippen molar-refractivity contribution in [2.75, 3.05) is 0 Å². The van der Waals surface area contributed by atoms with Crippen LogP contribution in [0.15, 0.2) is 24.8 Å². The summed E-state index contributed by atoms with van der Waals surface area (Å²) in [6.45, 7) is -0.478. The van der Waals surface area contributed by atoms with Crippen LogP contribution in [0.5, 0.6) is 0 Å². The minimum Gasteiger partial charge on any atom is -0.252 e. The molecule has 0 spiro atoms. The third-order valence-corrected chi connectivity index (χ3v) is 2.33. The van der Waals surface area contributed by atoms with Crippen LogP contribution in [0.4, 0.5) is 22.0 Å². The highest BCUT2D eigenvalue weighted by Gasteiger charge is 2.27. The molecular weight excluding hydrogens is 255 g/mol. The molecule has 2 aromatic rings. The Bertz CT molecular complexity index is 557. The first kappa shape index (κ1) is 12.4. The predicted molar refractivity (Wildman–Crippen MR) is 49.8 cm³/mol. The summed E-state index contributed by atoms with van der Waals surface area (Å²) in [4.78, 5) is 3.66. The molecule has 1 heterocycles. The Morgan fingerprint density at radius 3 is 1.72 bits per heavy atom. The van der Waals surface area contributed by atoms with Gasteiger partial charge < -0.3 is 0 Å². The molecule has 0 fully saturated rings. The first-order valence-corrected chi connectivity index (χ1v) is 4.81. The first-order valence-electron chi connectivity index (χ1n) is 4.81. The fourth-order valence-corrected chi connectivity index (χ4v) is 1.42. The van der Waals surface area contributed by atoms with E-state index in [-0.39, 0.29) is 0 Å². The van der Waals surface area contributed by atoms with Crippen LogP contribution in [0.25, 0.3) is 0 Å². The van der Waals surface area contributed by atoms with E-state index in [4.69, 9.17) is 0 Å². The van der Waals surface area contributed by atoms with E-state index in [9.17, 15) is 22.0 Å². The SMILES string of the molecule is Fc1c(F)c(F)c(C[n+]2ccncc2)c(F)c1F. The predicted octanol–water partition coefficient (Wildman–Crippen LogP) is 2.11. The monoisotopic (exact) mass is 261 g/mol. The molecule has 2 rings (SSSR count). The summed E-state index contributed by atoms with van der Waals surface area (Å²) in [7, 11) is 0. The molecular formula is C11H6F5N2+. The molecule has 0 radical (unpaired) electrons. The summed E-state index contributed by atoms with van der Waals surface area (Å²) >= 11 is 0. The van der Waals surface area contributed by atoms with Crippen LogP contribution in [0.3, 0.4) is 0 Å². The molecule has 0 saturated carbocycles. The zero-order valence-corrected chi connectivity index (χ0v) is 8.80. The minimum absolute atomic E-state index is 0.478. The van der Waals surface area contributed by atoms with Crippen molar-refractivity contribution in [2.45, 2.75) is 6.54 Å². The quantitative estimate of drug-likeness (QED) is 0.350. The summed E-state index contributed by atoms with van der Waals surface area (Å²) in [6.07, 6.45) is 5.34. The second kappa shape index (κ2) is 4.67. The van der Waals surface area contributed by atoms with Crippen LogP contribution in [-0.2, 0) is 6.54 Å². The Hall–Kier alpha value is -2.05. The van der Waals surface area contributed by atoms with Gasteiger partial charge >= 0.3 is 0 Å². The zero-order valence-electron chi connectivity index (χ0n) is 8.80. The molecule has 0 bridgehead atoms. The third-order valence-electron chi connectivity index (χ3n) is 2.33. The Kier molecular flexibility index (Phi) is 3.22. The lowest BCUT2D eigenvalue weighted by Gasteiger charge is -2.05. The summed E-state index contributed by atoms with van der Waals surface area (Å²) in [5, 5.41) is 0. The van der Waals surface area contributed by atoms with E-state index in [1.54, 1.807) is 0 Å². The van der Waals surface area contributed by atoms with Crippen molar-refractivity contribution in [1.29, 1.82) is 0 Å². The van der Waals surface area contributed by atoms with Gasteiger partial charge in [-0.25, -0.2) is 22.0 Å². The van der Waals surface area contributed by atoms with Crippen LogP contribution in [0.2, 0.25) is 0 Å². The Labute approximate surface area is 98.3 Å². The molecule has 18 heavy (non-hydrogen) atoms. The number of nitrogens with zero attached hydrogens (tertiary/aromatic N) is 2. The number of aromatic nitrogens is 2. The van der Waals surface area contributed by atoms with Crippen LogP contribution in [0, 0.1) is 29.1 Å². The number of rotatable bonds is 2. The number of benzene rings is 1. The van der Waals surface area contributed by atoms with Crippen LogP contribution >= 0.6 is 0 Å². The molecule has 0 aliphatic heterocycles. The Balaban J connectivity index is 2.52. The van der Waals surface area contributed by atoms with Gasteiger partial charge in [-0.1, -0.05) is 0 Å². The van der Waals surface area contributed by atoms with Gasteiger partial charge in [0.1, 0.15) is 0 Å². The lowest BCUT2D eigenvalue weighted by Crippen LogP contribution is -2.34. The van der Waals surface area contributed by atoms with E-state index in [2.05, 4.69) is 4.98 Å². The van der Waals surface area contributed by atoms with Gasteiger partial charge in [-0.15, -0.1) is 0 Å². The van der Waals surface area contributed by atoms with Gasteiger partial charge in [0.25, 0.3) is 0 Å². The van der Waals surface area contributed by atoms with Crippen molar-refractivity contribution in [2.24, 2.45) is 0 Å². The Morgan fingerprint density at radius 1 is 0.778 bits per heavy atom. The van der Waals surface area contributed by atoms with Gasteiger partial charge in [-0.3, -0.25) is 4.98 Å². The van der Waals surface area contributed by atoms with Gasteiger partial charge in [-0.2, -0.15) is 4.57 Å². The van der Waals surface area contributed by atoms with Crippen LogP contribution in [-0.4, -0.2) is 4.98 Å². The number of hydrogen-bond donors (Lipinski definition) is 0. The van der Waals surface area contributed by atoms with Crippen molar-refractivity contribution in [3.05, 3.63) is 59.4 Å². The topological polar surface area (TPSA) is 16.8 Å². The van der Waals surface area contributed by atoms with E-state index in [1.165, 1.54) is 29.4 Å². The van der Waals surface area contributed by atoms with Gasteiger partial charge in [0.15, 0.2) is 42.2 Å². The maximum Gasteiger partial charge on any atom is 0.200 e. The molecule has 7 heteroatoms. The normalized spacial score (nSPS) is 10.7. The fraction of sp³-hybridized carbons (Fsp3) is 0.0909. The molecule has 0 N–H and O–H groups in total. The maximum atomic E-state index is 13.3. The standard InChI is InChI=1S/C11H6F5N2/c12-7-6(5-18-3-1-17-2-4-18)8(13)10(15)11(16)9(7)14/h1-4H,5H2/q+1. The van der Waals surface area contributed by atoms with E-state index < -0.39 is 41.2 Å². The molecule has 94 valence electrons. The minimum atomic E-state index is -2.16. The molecule has 0 amide bonds. The number of hydrogen-bond acceptors (Lipinski definition) is 1. The van der Waals surface area contributed by atoms with E-state index in [0.29, 0.717) is 0 Å². The Morgan fingerprint density at radius 2 is 1.22 bits per heavy atom. The highest BCUT2D eigenvalue weighted by Crippen LogP contribution is 2.22. The van der Waals surface area contributed by atoms with Crippen molar-refractivity contribution in [3.63, 3.8) is 0 Å². The highest BCUT2D eigenvalue weighted by molar-refractivity contribution is 5.23. The average Bonchev–Trinajstić information content (AvgIpc) is 2.40. The lowest BCUT2D eigenvalue weighted by atomic mass is 10.1. The van der Waals surface area contributed by atoms with Gasteiger partial charge in [0.05, 0.1) is 18.0 Å².